The van der Waals surface area contributed by atoms with Crippen LogP contribution in [0.2, 0.25) is 0 Å². The lowest BCUT2D eigenvalue weighted by atomic mass is 10.0. The van der Waals surface area contributed by atoms with Crippen molar-refractivity contribution in [3.05, 3.63) is 59.4 Å². The second kappa shape index (κ2) is 5.87. The number of nitrogens with zero attached hydrogens (tertiary/aromatic N) is 3. The van der Waals surface area contributed by atoms with Gasteiger partial charge in [-0.25, -0.2) is 0 Å². The largest absolute Gasteiger partial charge is 0.219 e. The first kappa shape index (κ1) is 14.3. The van der Waals surface area contributed by atoms with E-state index >= 15 is 0 Å². The Morgan fingerprint density at radius 3 is 2.63 bits per heavy atom. The summed E-state index contributed by atoms with van der Waals surface area (Å²) in [4.78, 5) is 0. The highest BCUT2D eigenvalue weighted by molar-refractivity contribution is 6.66. The maximum Gasteiger partial charge on any atom is 0.219 e. The van der Waals surface area contributed by atoms with Crippen molar-refractivity contribution in [2.45, 2.75) is 10.2 Å². The molecule has 3 nitrogen and oxygen atoms in total. The van der Waals surface area contributed by atoms with Crippen molar-refractivity contribution in [3.63, 3.8) is 0 Å². The lowest BCUT2D eigenvalue weighted by molar-refractivity contribution is 0.796. The molecule has 0 saturated heterocycles. The molecule has 6 heteroatoms. The van der Waals surface area contributed by atoms with Gasteiger partial charge in [-0.1, -0.05) is 71.7 Å². The number of hydrogen-bond donors (Lipinski definition) is 0. The van der Waals surface area contributed by atoms with Gasteiger partial charge in [-0.2, -0.15) is 0 Å². The summed E-state index contributed by atoms with van der Waals surface area (Å²) in [5.74, 6) is 0. The standard InChI is InChI=1S/C13H10Cl3N3/c1-2-9-5-3-4-6-10(9)7-12-11(13(14,15)16)8-17-19-18-12/h2-6,8H,1,7H2. The molecule has 1 heterocycles. The average Bonchev–Trinajstić information content (AvgIpc) is 2.39. The third-order valence-electron chi connectivity index (χ3n) is 2.65. The summed E-state index contributed by atoms with van der Waals surface area (Å²) in [7, 11) is 0. The van der Waals surface area contributed by atoms with Crippen molar-refractivity contribution in [1.82, 2.24) is 15.4 Å². The van der Waals surface area contributed by atoms with Crippen LogP contribution in [0.3, 0.4) is 0 Å². The van der Waals surface area contributed by atoms with Crippen molar-refractivity contribution >= 4 is 40.9 Å². The van der Waals surface area contributed by atoms with E-state index in [2.05, 4.69) is 22.0 Å². The normalized spacial score (nSPS) is 11.3. The topological polar surface area (TPSA) is 38.7 Å². The molecule has 0 amide bonds. The molecule has 0 atom stereocenters. The van der Waals surface area contributed by atoms with Crippen molar-refractivity contribution in [2.24, 2.45) is 0 Å². The Morgan fingerprint density at radius 1 is 1.21 bits per heavy atom. The molecule has 0 N–H and O–H groups in total. The number of rotatable bonds is 3. The Bertz CT molecular complexity index is 594. The van der Waals surface area contributed by atoms with Crippen LogP contribution in [-0.4, -0.2) is 15.4 Å². The van der Waals surface area contributed by atoms with E-state index in [-0.39, 0.29) is 0 Å². The minimum absolute atomic E-state index is 0.436. The zero-order valence-electron chi connectivity index (χ0n) is 9.85. The van der Waals surface area contributed by atoms with Gasteiger partial charge >= 0.3 is 0 Å². The first-order valence-electron chi connectivity index (χ1n) is 5.47. The molecule has 0 aliphatic rings. The van der Waals surface area contributed by atoms with E-state index in [0.29, 0.717) is 17.7 Å². The lowest BCUT2D eigenvalue weighted by Gasteiger charge is -2.14. The second-order valence-electron chi connectivity index (χ2n) is 3.87. The maximum absolute atomic E-state index is 5.91. The smallest absolute Gasteiger partial charge is 0.138 e. The highest BCUT2D eigenvalue weighted by Gasteiger charge is 2.27. The number of alkyl halides is 3. The zero-order valence-corrected chi connectivity index (χ0v) is 12.1. The third kappa shape index (κ3) is 3.44. The van der Waals surface area contributed by atoms with Crippen molar-refractivity contribution in [2.75, 3.05) is 0 Å². The van der Waals surface area contributed by atoms with Crippen LogP contribution in [0.25, 0.3) is 6.08 Å². The molecule has 0 bridgehead atoms. The van der Waals surface area contributed by atoms with Gasteiger partial charge in [-0.15, -0.1) is 10.2 Å². The molecule has 19 heavy (non-hydrogen) atoms. The molecule has 2 aromatic rings. The van der Waals surface area contributed by atoms with E-state index in [9.17, 15) is 0 Å². The van der Waals surface area contributed by atoms with Gasteiger partial charge in [0.2, 0.25) is 3.79 Å². The minimum atomic E-state index is -1.57. The summed E-state index contributed by atoms with van der Waals surface area (Å²) in [6, 6.07) is 7.81. The Balaban J connectivity index is 2.42. The number of benzene rings is 1. The maximum atomic E-state index is 5.91. The Hall–Kier alpha value is -1.16. The molecule has 0 aliphatic heterocycles. The summed E-state index contributed by atoms with van der Waals surface area (Å²) >= 11 is 17.7. The monoisotopic (exact) mass is 313 g/mol. The fourth-order valence-electron chi connectivity index (χ4n) is 1.73. The first-order chi connectivity index (χ1) is 9.02. The zero-order chi connectivity index (χ0) is 13.9. The summed E-state index contributed by atoms with van der Waals surface area (Å²) in [5.41, 5.74) is 3.07. The highest BCUT2D eigenvalue weighted by Crippen LogP contribution is 2.39. The number of halogens is 3. The van der Waals surface area contributed by atoms with Gasteiger partial charge < -0.3 is 0 Å². The summed E-state index contributed by atoms with van der Waals surface area (Å²) in [6.07, 6.45) is 3.70. The molecular weight excluding hydrogens is 305 g/mol. The predicted octanol–water partition coefficient (Wildman–Crippen LogP) is 3.93. The average molecular weight is 315 g/mol. The Morgan fingerprint density at radius 2 is 1.95 bits per heavy atom. The van der Waals surface area contributed by atoms with Crippen molar-refractivity contribution in [3.8, 4) is 0 Å². The lowest BCUT2D eigenvalue weighted by Crippen LogP contribution is -2.10. The molecule has 98 valence electrons. The van der Waals surface area contributed by atoms with Crippen LogP contribution < -0.4 is 0 Å². The molecule has 0 aliphatic carbocycles. The molecule has 0 fully saturated rings. The van der Waals surface area contributed by atoms with Gasteiger partial charge in [0.15, 0.2) is 0 Å². The van der Waals surface area contributed by atoms with Crippen molar-refractivity contribution < 1.29 is 0 Å². The number of hydrogen-bond acceptors (Lipinski definition) is 3. The van der Waals surface area contributed by atoms with Gasteiger partial charge in [-0.3, -0.25) is 0 Å². The van der Waals surface area contributed by atoms with Gasteiger partial charge in [0.1, 0.15) is 0 Å². The molecule has 2 rings (SSSR count). The van der Waals surface area contributed by atoms with Crippen LogP contribution in [0.15, 0.2) is 37.0 Å². The third-order valence-corrected chi connectivity index (χ3v) is 3.26. The van der Waals surface area contributed by atoms with Crippen LogP contribution in [0, 0.1) is 0 Å². The molecule has 1 aromatic carbocycles. The van der Waals surface area contributed by atoms with Gasteiger partial charge in [0, 0.05) is 12.0 Å². The fourth-order valence-corrected chi connectivity index (χ4v) is 2.21. The summed E-state index contributed by atoms with van der Waals surface area (Å²) in [5, 5.41) is 11.2. The van der Waals surface area contributed by atoms with E-state index in [1.54, 1.807) is 6.08 Å². The SMILES string of the molecule is C=Cc1ccccc1Cc1nnncc1C(Cl)(Cl)Cl. The van der Waals surface area contributed by atoms with Crippen LogP contribution in [0.1, 0.15) is 22.4 Å². The van der Waals surface area contributed by atoms with E-state index < -0.39 is 3.79 Å². The van der Waals surface area contributed by atoms with E-state index in [4.69, 9.17) is 34.8 Å². The fraction of sp³-hybridized carbons (Fsp3) is 0.154. The molecule has 0 saturated carbocycles. The molecule has 1 aromatic heterocycles. The van der Waals surface area contributed by atoms with Crippen LogP contribution in [-0.2, 0) is 10.2 Å². The van der Waals surface area contributed by atoms with Crippen LogP contribution >= 0.6 is 34.8 Å². The highest BCUT2D eigenvalue weighted by atomic mass is 35.6. The summed E-state index contributed by atoms with van der Waals surface area (Å²) < 4.78 is -1.57. The van der Waals surface area contributed by atoms with Gasteiger partial charge in [0.25, 0.3) is 0 Å². The van der Waals surface area contributed by atoms with Crippen molar-refractivity contribution in [1.29, 1.82) is 0 Å². The number of aromatic nitrogens is 3. The predicted molar refractivity (Wildman–Crippen MR) is 78.4 cm³/mol. The Kier molecular flexibility index (Phi) is 4.40. The van der Waals surface area contributed by atoms with E-state index in [1.807, 2.05) is 24.3 Å². The molecular formula is C13H10Cl3N3. The van der Waals surface area contributed by atoms with E-state index in [1.165, 1.54) is 6.20 Å². The van der Waals surface area contributed by atoms with Crippen LogP contribution in [0.5, 0.6) is 0 Å². The van der Waals surface area contributed by atoms with Gasteiger partial charge in [0.05, 0.1) is 11.9 Å². The Labute approximate surface area is 126 Å². The van der Waals surface area contributed by atoms with Crippen LogP contribution in [0.4, 0.5) is 0 Å². The molecule has 0 unspecified atom stereocenters. The summed E-state index contributed by atoms with van der Waals surface area (Å²) in [6.45, 7) is 3.78. The molecule has 0 radical (unpaired) electrons. The second-order valence-corrected chi connectivity index (χ2v) is 6.15. The molecule has 0 spiro atoms. The minimum Gasteiger partial charge on any atom is -0.138 e. The first-order valence-corrected chi connectivity index (χ1v) is 6.60. The van der Waals surface area contributed by atoms with Gasteiger partial charge in [-0.05, 0) is 16.3 Å². The quantitative estimate of drug-likeness (QED) is 0.806. The van der Waals surface area contributed by atoms with E-state index in [0.717, 1.165) is 11.1 Å².